The van der Waals surface area contributed by atoms with Gasteiger partial charge in [-0.05, 0) is 47.2 Å². The van der Waals surface area contributed by atoms with Crippen LogP contribution >= 0.6 is 0 Å². The first-order valence-electron chi connectivity index (χ1n) is 6.60. The van der Waals surface area contributed by atoms with Gasteiger partial charge in [-0.15, -0.1) is 0 Å². The van der Waals surface area contributed by atoms with Gasteiger partial charge in [0.2, 0.25) is 0 Å². The van der Waals surface area contributed by atoms with Crippen molar-refractivity contribution in [2.24, 2.45) is 0 Å². The molecule has 93 valence electrons. The van der Waals surface area contributed by atoms with Crippen LogP contribution in [0.4, 0.5) is 0 Å². The van der Waals surface area contributed by atoms with Crippen molar-refractivity contribution in [2.45, 2.75) is 12.8 Å². The summed E-state index contributed by atoms with van der Waals surface area (Å²) in [5.74, 6) is 0. The fraction of sp³-hybridized carbons (Fsp3) is 0.111. The van der Waals surface area contributed by atoms with Gasteiger partial charge >= 0.3 is 0 Å². The van der Waals surface area contributed by atoms with Gasteiger partial charge in [0.1, 0.15) is 0 Å². The summed E-state index contributed by atoms with van der Waals surface area (Å²) in [7, 11) is 0. The molecule has 0 N–H and O–H groups in total. The predicted molar refractivity (Wildman–Crippen MR) is 79.9 cm³/mol. The smallest absolute Gasteiger partial charge is 0.0299 e. The summed E-state index contributed by atoms with van der Waals surface area (Å²) in [5.41, 5.74) is 2.63. The monoisotopic (exact) mass is 246 g/mol. The van der Waals surface area contributed by atoms with Gasteiger partial charge in [0.05, 0.1) is 0 Å². The summed E-state index contributed by atoms with van der Waals surface area (Å²) in [4.78, 5) is 4.13. The maximum Gasteiger partial charge on any atom is 0.0299 e. The lowest BCUT2D eigenvalue weighted by Gasteiger charge is -2.04. The minimum absolute atomic E-state index is 0.973. The van der Waals surface area contributed by atoms with Crippen molar-refractivity contribution >= 4 is 10.8 Å². The van der Waals surface area contributed by atoms with Gasteiger partial charge in [0.25, 0.3) is 0 Å². The van der Waals surface area contributed by atoms with Crippen LogP contribution < -0.4 is 0 Å². The van der Waals surface area contributed by atoms with Gasteiger partial charge < -0.3 is 0 Å². The summed E-state index contributed by atoms with van der Waals surface area (Å²) >= 11 is 0. The van der Waals surface area contributed by atoms with Crippen LogP contribution in [0.5, 0.6) is 0 Å². The predicted octanol–water partition coefficient (Wildman–Crippen LogP) is 4.22. The normalized spacial score (nSPS) is 10.7. The van der Waals surface area contributed by atoms with Crippen LogP contribution in [0.3, 0.4) is 0 Å². The summed E-state index contributed by atoms with van der Waals surface area (Å²) < 4.78 is 0. The zero-order valence-corrected chi connectivity index (χ0v) is 10.8. The standard InChI is InChI=1S/C18H16N/c1-2-9-18-13-15(10-11-17(18)8-1)5-3-6-16-7-4-12-19-14-16/h1-4,7-14H,5-6H2. The van der Waals surface area contributed by atoms with Crippen LogP contribution in [0.1, 0.15) is 11.1 Å². The Morgan fingerprint density at radius 1 is 0.789 bits per heavy atom. The van der Waals surface area contributed by atoms with Crippen molar-refractivity contribution in [1.82, 2.24) is 4.98 Å². The average Bonchev–Trinajstić information content (AvgIpc) is 2.48. The molecule has 0 bridgehead atoms. The van der Waals surface area contributed by atoms with E-state index in [0.717, 1.165) is 12.8 Å². The molecule has 0 spiro atoms. The van der Waals surface area contributed by atoms with Crippen LogP contribution in [-0.2, 0) is 12.8 Å². The van der Waals surface area contributed by atoms with E-state index in [1.807, 2.05) is 18.5 Å². The van der Waals surface area contributed by atoms with Crippen LogP contribution in [0.25, 0.3) is 10.8 Å². The second kappa shape index (κ2) is 5.66. The van der Waals surface area contributed by atoms with Crippen LogP contribution in [0.15, 0.2) is 67.0 Å². The molecule has 0 aliphatic heterocycles. The summed E-state index contributed by atoms with van der Waals surface area (Å²) in [6.45, 7) is 0. The molecule has 0 atom stereocenters. The Morgan fingerprint density at radius 3 is 2.47 bits per heavy atom. The second-order valence-corrected chi connectivity index (χ2v) is 4.74. The van der Waals surface area contributed by atoms with E-state index in [1.165, 1.54) is 21.9 Å². The lowest BCUT2D eigenvalue weighted by Crippen LogP contribution is -1.91. The maximum atomic E-state index is 4.13. The number of aromatic nitrogens is 1. The van der Waals surface area contributed by atoms with Crippen molar-refractivity contribution < 1.29 is 0 Å². The van der Waals surface area contributed by atoms with E-state index < -0.39 is 0 Å². The summed E-state index contributed by atoms with van der Waals surface area (Å²) in [6.07, 6.45) is 8.02. The maximum absolute atomic E-state index is 4.13. The van der Waals surface area contributed by atoms with Crippen molar-refractivity contribution in [3.05, 3.63) is 84.5 Å². The van der Waals surface area contributed by atoms with E-state index in [0.29, 0.717) is 0 Å². The Bertz CT molecular complexity index is 659. The highest BCUT2D eigenvalue weighted by molar-refractivity contribution is 5.83. The van der Waals surface area contributed by atoms with Crippen molar-refractivity contribution in [1.29, 1.82) is 0 Å². The highest BCUT2D eigenvalue weighted by Crippen LogP contribution is 2.16. The van der Waals surface area contributed by atoms with E-state index in [4.69, 9.17) is 0 Å². The molecule has 1 radical (unpaired) electrons. The fourth-order valence-electron chi connectivity index (χ4n) is 2.29. The molecule has 0 aliphatic rings. The number of nitrogens with zero attached hydrogens (tertiary/aromatic N) is 1. The molecular formula is C18H16N. The quantitative estimate of drug-likeness (QED) is 0.671. The van der Waals surface area contributed by atoms with Crippen molar-refractivity contribution in [2.75, 3.05) is 0 Å². The third-order valence-corrected chi connectivity index (χ3v) is 3.30. The highest BCUT2D eigenvalue weighted by atomic mass is 14.6. The minimum Gasteiger partial charge on any atom is -0.264 e. The van der Waals surface area contributed by atoms with Gasteiger partial charge in [-0.25, -0.2) is 0 Å². The lowest BCUT2D eigenvalue weighted by molar-refractivity contribution is 1.02. The molecule has 0 fully saturated rings. The first-order valence-corrected chi connectivity index (χ1v) is 6.60. The molecule has 3 aromatic rings. The second-order valence-electron chi connectivity index (χ2n) is 4.74. The molecule has 1 heterocycles. The molecule has 0 aliphatic carbocycles. The van der Waals surface area contributed by atoms with E-state index in [1.54, 1.807) is 0 Å². The largest absolute Gasteiger partial charge is 0.264 e. The SMILES string of the molecule is [CH](Cc1cccnc1)Cc1ccc2ccccc2c1. The van der Waals surface area contributed by atoms with Gasteiger partial charge in [-0.3, -0.25) is 4.98 Å². The molecule has 2 aromatic carbocycles. The van der Waals surface area contributed by atoms with Crippen molar-refractivity contribution in [3.63, 3.8) is 0 Å². The third-order valence-electron chi connectivity index (χ3n) is 3.30. The molecule has 0 saturated carbocycles. The van der Waals surface area contributed by atoms with E-state index in [2.05, 4.69) is 59.9 Å². The zero-order chi connectivity index (χ0) is 12.9. The zero-order valence-electron chi connectivity index (χ0n) is 10.8. The molecule has 1 nitrogen and oxygen atoms in total. The Labute approximate surface area is 113 Å². The van der Waals surface area contributed by atoms with Gasteiger partial charge in [-0.2, -0.15) is 0 Å². The first-order chi connectivity index (χ1) is 9.42. The number of rotatable bonds is 4. The fourth-order valence-corrected chi connectivity index (χ4v) is 2.29. The van der Waals surface area contributed by atoms with Crippen LogP contribution in [0.2, 0.25) is 0 Å². The number of fused-ring (bicyclic) bond motifs is 1. The molecule has 3 rings (SSSR count). The van der Waals surface area contributed by atoms with Crippen LogP contribution in [-0.4, -0.2) is 4.98 Å². The number of benzene rings is 2. The van der Waals surface area contributed by atoms with Gasteiger partial charge in [-0.1, -0.05) is 48.5 Å². The molecule has 1 heteroatoms. The molecule has 19 heavy (non-hydrogen) atoms. The Balaban J connectivity index is 1.65. The minimum atomic E-state index is 0.973. The first kappa shape index (κ1) is 11.9. The molecule has 0 saturated heterocycles. The number of pyridine rings is 1. The number of hydrogen-bond acceptors (Lipinski definition) is 1. The Hall–Kier alpha value is -2.15. The number of hydrogen-bond donors (Lipinski definition) is 0. The third kappa shape index (κ3) is 3.00. The van der Waals surface area contributed by atoms with E-state index in [-0.39, 0.29) is 0 Å². The van der Waals surface area contributed by atoms with Crippen molar-refractivity contribution in [3.8, 4) is 0 Å². The molecule has 0 unspecified atom stereocenters. The molecular weight excluding hydrogens is 230 g/mol. The highest BCUT2D eigenvalue weighted by Gasteiger charge is 1.98. The average molecular weight is 246 g/mol. The molecule has 0 amide bonds. The van der Waals surface area contributed by atoms with Gasteiger partial charge in [0.15, 0.2) is 0 Å². The summed E-state index contributed by atoms with van der Waals surface area (Å²) in [6, 6.07) is 19.3. The Morgan fingerprint density at radius 2 is 1.63 bits per heavy atom. The summed E-state index contributed by atoms with van der Waals surface area (Å²) in [5, 5.41) is 2.62. The lowest BCUT2D eigenvalue weighted by atomic mass is 10.0. The van der Waals surface area contributed by atoms with E-state index in [9.17, 15) is 0 Å². The topological polar surface area (TPSA) is 12.9 Å². The van der Waals surface area contributed by atoms with Crippen LogP contribution in [0, 0.1) is 6.42 Å². The van der Waals surface area contributed by atoms with Gasteiger partial charge in [0, 0.05) is 12.4 Å². The van der Waals surface area contributed by atoms with E-state index >= 15 is 0 Å². The Kier molecular flexibility index (Phi) is 3.55. The molecule has 1 aromatic heterocycles.